The summed E-state index contributed by atoms with van der Waals surface area (Å²) in [5.41, 5.74) is 0.492. The lowest BCUT2D eigenvalue weighted by Gasteiger charge is -2.04. The van der Waals surface area contributed by atoms with Crippen molar-refractivity contribution >= 4 is 0 Å². The summed E-state index contributed by atoms with van der Waals surface area (Å²) in [6.45, 7) is 2.02. The monoisotopic (exact) mass is 202 g/mol. The molecule has 1 rings (SSSR count). The summed E-state index contributed by atoms with van der Waals surface area (Å²) in [5.74, 6) is 0. The number of rotatable bonds is 2. The van der Waals surface area contributed by atoms with Crippen molar-refractivity contribution in [2.45, 2.75) is 32.4 Å². The number of halogens is 3. The number of allylic oxidation sites excluding steroid dienone is 6. The lowest BCUT2D eigenvalue weighted by atomic mass is 10.1. The fourth-order valence-electron chi connectivity index (χ4n) is 1.36. The van der Waals surface area contributed by atoms with E-state index in [1.807, 2.05) is 6.92 Å². The Bertz CT molecular complexity index is 279. The van der Waals surface area contributed by atoms with Gasteiger partial charge in [0, 0.05) is 0 Å². The SMILES string of the molecule is CCCC1=CC=C(C(F)(F)F)C=CC1. The van der Waals surface area contributed by atoms with Crippen LogP contribution in [-0.4, -0.2) is 6.18 Å². The van der Waals surface area contributed by atoms with Crippen molar-refractivity contribution in [3.8, 4) is 0 Å². The molecule has 78 valence electrons. The normalized spacial score (nSPS) is 17.4. The molecule has 0 aromatic heterocycles. The van der Waals surface area contributed by atoms with Gasteiger partial charge in [-0.25, -0.2) is 0 Å². The molecular formula is C11H13F3. The third kappa shape index (κ3) is 3.05. The Balaban J connectivity index is 2.81. The fraction of sp³-hybridized carbons (Fsp3) is 0.455. The molecule has 0 amide bonds. The average Bonchev–Trinajstić information content (AvgIpc) is 2.29. The van der Waals surface area contributed by atoms with Crippen LogP contribution < -0.4 is 0 Å². The van der Waals surface area contributed by atoms with Crippen molar-refractivity contribution in [1.82, 2.24) is 0 Å². The topological polar surface area (TPSA) is 0 Å². The molecule has 0 heterocycles. The molecule has 0 saturated heterocycles. The van der Waals surface area contributed by atoms with Gasteiger partial charge in [-0.1, -0.05) is 43.2 Å². The van der Waals surface area contributed by atoms with Gasteiger partial charge in [-0.05, 0) is 12.8 Å². The van der Waals surface area contributed by atoms with E-state index < -0.39 is 11.7 Å². The van der Waals surface area contributed by atoms with Crippen molar-refractivity contribution < 1.29 is 13.2 Å². The molecule has 14 heavy (non-hydrogen) atoms. The summed E-state index contributed by atoms with van der Waals surface area (Å²) in [6.07, 6.45) is 3.72. The quantitative estimate of drug-likeness (QED) is 0.630. The van der Waals surface area contributed by atoms with E-state index in [9.17, 15) is 13.2 Å². The zero-order valence-corrected chi connectivity index (χ0v) is 8.06. The zero-order chi connectivity index (χ0) is 10.6. The van der Waals surface area contributed by atoms with Crippen LogP contribution in [0.25, 0.3) is 0 Å². The van der Waals surface area contributed by atoms with Gasteiger partial charge in [-0.2, -0.15) is 13.2 Å². The molecule has 0 atom stereocenters. The molecule has 0 aromatic carbocycles. The maximum Gasteiger partial charge on any atom is 0.416 e. The molecule has 0 spiro atoms. The molecule has 1 aliphatic rings. The molecule has 0 N–H and O–H groups in total. The Morgan fingerprint density at radius 3 is 2.57 bits per heavy atom. The van der Waals surface area contributed by atoms with Gasteiger partial charge in [-0.15, -0.1) is 0 Å². The highest BCUT2D eigenvalue weighted by Crippen LogP contribution is 2.29. The predicted molar refractivity (Wildman–Crippen MR) is 50.9 cm³/mol. The van der Waals surface area contributed by atoms with Gasteiger partial charge in [0.25, 0.3) is 0 Å². The van der Waals surface area contributed by atoms with E-state index in [1.165, 1.54) is 0 Å². The van der Waals surface area contributed by atoms with Crippen LogP contribution in [0.3, 0.4) is 0 Å². The average molecular weight is 202 g/mol. The van der Waals surface area contributed by atoms with E-state index >= 15 is 0 Å². The second-order valence-electron chi connectivity index (χ2n) is 3.30. The van der Waals surface area contributed by atoms with Gasteiger partial charge in [0.1, 0.15) is 0 Å². The van der Waals surface area contributed by atoms with E-state index in [0.717, 1.165) is 30.6 Å². The molecule has 0 nitrogen and oxygen atoms in total. The Kier molecular flexibility index (Phi) is 3.55. The van der Waals surface area contributed by atoms with Gasteiger partial charge >= 0.3 is 6.18 Å². The first-order valence-electron chi connectivity index (χ1n) is 4.67. The Morgan fingerprint density at radius 1 is 1.29 bits per heavy atom. The van der Waals surface area contributed by atoms with Crippen molar-refractivity contribution in [1.29, 1.82) is 0 Å². The molecule has 1 aliphatic carbocycles. The van der Waals surface area contributed by atoms with Crippen molar-refractivity contribution in [2.24, 2.45) is 0 Å². The van der Waals surface area contributed by atoms with Gasteiger partial charge in [0.15, 0.2) is 0 Å². The molecule has 0 saturated carbocycles. The highest BCUT2D eigenvalue weighted by Gasteiger charge is 2.31. The minimum atomic E-state index is -4.23. The number of hydrogen-bond donors (Lipinski definition) is 0. The van der Waals surface area contributed by atoms with Gasteiger partial charge in [0.05, 0.1) is 5.57 Å². The van der Waals surface area contributed by atoms with E-state index in [0.29, 0.717) is 6.42 Å². The zero-order valence-electron chi connectivity index (χ0n) is 8.06. The summed E-state index contributed by atoms with van der Waals surface area (Å²) >= 11 is 0. The summed E-state index contributed by atoms with van der Waals surface area (Å²) in [5, 5.41) is 0. The van der Waals surface area contributed by atoms with E-state index in [2.05, 4.69) is 0 Å². The third-order valence-electron chi connectivity index (χ3n) is 2.07. The van der Waals surface area contributed by atoms with Crippen LogP contribution in [0.4, 0.5) is 13.2 Å². The largest absolute Gasteiger partial charge is 0.416 e. The summed E-state index contributed by atoms with van der Waals surface area (Å²) in [6, 6.07) is 0. The first kappa shape index (κ1) is 11.1. The van der Waals surface area contributed by atoms with Gasteiger partial charge in [-0.3, -0.25) is 0 Å². The van der Waals surface area contributed by atoms with Crippen LogP contribution in [0, 0.1) is 0 Å². The van der Waals surface area contributed by atoms with Crippen LogP contribution in [0.15, 0.2) is 35.5 Å². The highest BCUT2D eigenvalue weighted by molar-refractivity contribution is 5.33. The summed E-state index contributed by atoms with van der Waals surface area (Å²) in [4.78, 5) is 0. The lowest BCUT2D eigenvalue weighted by molar-refractivity contribution is -0.0881. The highest BCUT2D eigenvalue weighted by atomic mass is 19.4. The Morgan fingerprint density at radius 2 is 2.00 bits per heavy atom. The van der Waals surface area contributed by atoms with E-state index in [4.69, 9.17) is 0 Å². The smallest absolute Gasteiger partial charge is 0.166 e. The number of hydrogen-bond acceptors (Lipinski definition) is 0. The first-order chi connectivity index (χ1) is 6.54. The standard InChI is InChI=1S/C11H13F3/c1-2-4-9-5-3-6-10(8-7-9)11(12,13)14/h3,6-8H,2,4-5H2,1H3. The molecule has 0 fully saturated rings. The maximum atomic E-state index is 12.3. The summed E-state index contributed by atoms with van der Waals surface area (Å²) < 4.78 is 36.9. The molecular weight excluding hydrogens is 189 g/mol. The maximum absolute atomic E-state index is 12.3. The van der Waals surface area contributed by atoms with Crippen LogP contribution in [0.2, 0.25) is 0 Å². The number of alkyl halides is 3. The minimum absolute atomic E-state index is 0.566. The van der Waals surface area contributed by atoms with Crippen molar-refractivity contribution in [3.63, 3.8) is 0 Å². The van der Waals surface area contributed by atoms with Gasteiger partial charge < -0.3 is 0 Å². The molecule has 0 aliphatic heterocycles. The van der Waals surface area contributed by atoms with Gasteiger partial charge in [0.2, 0.25) is 0 Å². The lowest BCUT2D eigenvalue weighted by Crippen LogP contribution is -2.09. The fourth-order valence-corrected chi connectivity index (χ4v) is 1.36. The second kappa shape index (κ2) is 4.49. The third-order valence-corrected chi connectivity index (χ3v) is 2.07. The molecule has 0 aromatic rings. The van der Waals surface area contributed by atoms with E-state index in [-0.39, 0.29) is 0 Å². The second-order valence-corrected chi connectivity index (χ2v) is 3.30. The van der Waals surface area contributed by atoms with Crippen LogP contribution >= 0.6 is 0 Å². The molecule has 3 heteroatoms. The van der Waals surface area contributed by atoms with Crippen molar-refractivity contribution in [3.05, 3.63) is 35.5 Å². The Hall–Kier alpha value is -0.990. The molecule has 0 bridgehead atoms. The minimum Gasteiger partial charge on any atom is -0.166 e. The van der Waals surface area contributed by atoms with E-state index in [1.54, 1.807) is 12.2 Å². The first-order valence-corrected chi connectivity index (χ1v) is 4.67. The molecule has 0 unspecified atom stereocenters. The molecule has 0 radical (unpaired) electrons. The van der Waals surface area contributed by atoms with Crippen molar-refractivity contribution in [2.75, 3.05) is 0 Å². The summed E-state index contributed by atoms with van der Waals surface area (Å²) in [7, 11) is 0. The van der Waals surface area contributed by atoms with Crippen LogP contribution in [0.1, 0.15) is 26.2 Å². The Labute approximate surface area is 81.8 Å². The predicted octanol–water partition coefficient (Wildman–Crippen LogP) is 4.16. The van der Waals surface area contributed by atoms with Crippen LogP contribution in [0.5, 0.6) is 0 Å². The van der Waals surface area contributed by atoms with Crippen LogP contribution in [-0.2, 0) is 0 Å².